The Morgan fingerprint density at radius 2 is 2.06 bits per heavy atom. The molecule has 0 saturated heterocycles. The number of hydrogen-bond donors (Lipinski definition) is 3. The number of aliphatic hydroxyl groups excluding tert-OH is 2. The van der Waals surface area contributed by atoms with E-state index in [4.69, 9.17) is 14.6 Å². The topological polar surface area (TPSA) is 71.0 Å². The van der Waals surface area contributed by atoms with Gasteiger partial charge >= 0.3 is 0 Å². The normalized spacial score (nSPS) is 17.6. The SMILES string of the molecule is OCCOCCNCC(O)COCC1CC1. The van der Waals surface area contributed by atoms with Crippen molar-refractivity contribution in [3.63, 3.8) is 0 Å². The maximum absolute atomic E-state index is 9.52. The second-order valence-corrected chi connectivity index (χ2v) is 4.17. The first-order valence-corrected chi connectivity index (χ1v) is 5.98. The summed E-state index contributed by atoms with van der Waals surface area (Å²) >= 11 is 0. The van der Waals surface area contributed by atoms with Gasteiger partial charge in [-0.15, -0.1) is 0 Å². The molecule has 5 nitrogen and oxygen atoms in total. The summed E-state index contributed by atoms with van der Waals surface area (Å²) in [6.07, 6.45) is 2.10. The molecule has 5 heteroatoms. The van der Waals surface area contributed by atoms with Gasteiger partial charge in [-0.05, 0) is 18.8 Å². The van der Waals surface area contributed by atoms with E-state index in [1.165, 1.54) is 12.8 Å². The van der Waals surface area contributed by atoms with Crippen molar-refractivity contribution in [2.75, 3.05) is 46.1 Å². The first-order chi connectivity index (χ1) is 7.83. The molecular weight excluding hydrogens is 210 g/mol. The van der Waals surface area contributed by atoms with Crippen LogP contribution < -0.4 is 5.32 Å². The Morgan fingerprint density at radius 1 is 1.25 bits per heavy atom. The summed E-state index contributed by atoms with van der Waals surface area (Å²) < 4.78 is 10.4. The molecule has 1 fully saturated rings. The molecule has 0 spiro atoms. The van der Waals surface area contributed by atoms with Gasteiger partial charge in [-0.2, -0.15) is 0 Å². The predicted octanol–water partition coefficient (Wildman–Crippen LogP) is -0.628. The third-order valence-corrected chi connectivity index (χ3v) is 2.40. The van der Waals surface area contributed by atoms with Crippen LogP contribution in [0.3, 0.4) is 0 Å². The van der Waals surface area contributed by atoms with Gasteiger partial charge in [0.25, 0.3) is 0 Å². The van der Waals surface area contributed by atoms with Crippen LogP contribution in [-0.2, 0) is 9.47 Å². The molecular formula is C11H23NO4. The van der Waals surface area contributed by atoms with E-state index in [1.807, 2.05) is 0 Å². The minimum atomic E-state index is -0.448. The lowest BCUT2D eigenvalue weighted by Gasteiger charge is -2.12. The standard InChI is InChI=1S/C11H23NO4/c13-4-6-15-5-3-12-7-11(14)9-16-8-10-1-2-10/h10-14H,1-9H2. The van der Waals surface area contributed by atoms with Crippen molar-refractivity contribution in [3.05, 3.63) is 0 Å². The number of nitrogens with one attached hydrogen (secondary N) is 1. The first-order valence-electron chi connectivity index (χ1n) is 5.98. The predicted molar refractivity (Wildman–Crippen MR) is 60.3 cm³/mol. The fraction of sp³-hybridized carbons (Fsp3) is 1.00. The summed E-state index contributed by atoms with van der Waals surface area (Å²) in [5.41, 5.74) is 0. The average molecular weight is 233 g/mol. The van der Waals surface area contributed by atoms with E-state index in [2.05, 4.69) is 5.32 Å². The number of hydrogen-bond acceptors (Lipinski definition) is 5. The highest BCUT2D eigenvalue weighted by Crippen LogP contribution is 2.28. The molecule has 1 rings (SSSR count). The highest BCUT2D eigenvalue weighted by Gasteiger charge is 2.21. The molecule has 0 aromatic carbocycles. The monoisotopic (exact) mass is 233 g/mol. The van der Waals surface area contributed by atoms with E-state index >= 15 is 0 Å². The van der Waals surface area contributed by atoms with Crippen LogP contribution in [0.5, 0.6) is 0 Å². The zero-order valence-electron chi connectivity index (χ0n) is 9.73. The van der Waals surface area contributed by atoms with Gasteiger partial charge in [-0.3, -0.25) is 0 Å². The zero-order chi connectivity index (χ0) is 11.6. The van der Waals surface area contributed by atoms with Crippen LogP contribution >= 0.6 is 0 Å². The van der Waals surface area contributed by atoms with Crippen LogP contribution in [0.15, 0.2) is 0 Å². The van der Waals surface area contributed by atoms with Gasteiger partial charge in [-0.25, -0.2) is 0 Å². The lowest BCUT2D eigenvalue weighted by atomic mass is 10.3. The Morgan fingerprint density at radius 3 is 2.75 bits per heavy atom. The molecule has 0 aromatic rings. The fourth-order valence-corrected chi connectivity index (χ4v) is 1.29. The number of ether oxygens (including phenoxy) is 2. The van der Waals surface area contributed by atoms with Crippen LogP contribution in [0.1, 0.15) is 12.8 Å². The van der Waals surface area contributed by atoms with E-state index < -0.39 is 6.10 Å². The first kappa shape index (κ1) is 13.9. The van der Waals surface area contributed by atoms with Crippen LogP contribution in [-0.4, -0.2) is 62.4 Å². The van der Waals surface area contributed by atoms with Gasteiger partial charge in [0.1, 0.15) is 0 Å². The molecule has 1 unspecified atom stereocenters. The van der Waals surface area contributed by atoms with Crippen molar-refractivity contribution >= 4 is 0 Å². The van der Waals surface area contributed by atoms with E-state index in [0.717, 1.165) is 12.5 Å². The Bertz CT molecular complexity index is 164. The van der Waals surface area contributed by atoms with Crippen LogP contribution in [0.2, 0.25) is 0 Å². The second-order valence-electron chi connectivity index (χ2n) is 4.17. The lowest BCUT2D eigenvalue weighted by molar-refractivity contribution is 0.0309. The van der Waals surface area contributed by atoms with Gasteiger partial charge in [0, 0.05) is 19.7 Å². The fourth-order valence-electron chi connectivity index (χ4n) is 1.29. The Labute approximate surface area is 96.7 Å². The molecule has 1 aliphatic rings. The van der Waals surface area contributed by atoms with Gasteiger partial charge in [0.2, 0.25) is 0 Å². The van der Waals surface area contributed by atoms with Gasteiger partial charge < -0.3 is 25.0 Å². The third-order valence-electron chi connectivity index (χ3n) is 2.40. The zero-order valence-corrected chi connectivity index (χ0v) is 9.73. The Kier molecular flexibility index (Phi) is 7.71. The van der Waals surface area contributed by atoms with Gasteiger partial charge in [-0.1, -0.05) is 0 Å². The molecule has 96 valence electrons. The van der Waals surface area contributed by atoms with Crippen LogP contribution in [0.4, 0.5) is 0 Å². The van der Waals surface area contributed by atoms with E-state index in [9.17, 15) is 5.11 Å². The quantitative estimate of drug-likeness (QED) is 0.415. The van der Waals surface area contributed by atoms with Gasteiger partial charge in [0.05, 0.1) is 32.5 Å². The molecule has 0 amide bonds. The van der Waals surface area contributed by atoms with Crippen molar-refractivity contribution < 1.29 is 19.7 Å². The molecule has 16 heavy (non-hydrogen) atoms. The molecule has 1 aliphatic carbocycles. The molecule has 0 aromatic heterocycles. The summed E-state index contributed by atoms with van der Waals surface area (Å²) in [6, 6.07) is 0. The van der Waals surface area contributed by atoms with Crippen LogP contribution in [0, 0.1) is 5.92 Å². The van der Waals surface area contributed by atoms with E-state index in [-0.39, 0.29) is 6.61 Å². The molecule has 1 saturated carbocycles. The minimum Gasteiger partial charge on any atom is -0.394 e. The van der Waals surface area contributed by atoms with Gasteiger partial charge in [0.15, 0.2) is 0 Å². The second kappa shape index (κ2) is 8.90. The Balaban J connectivity index is 1.76. The largest absolute Gasteiger partial charge is 0.394 e. The molecule has 1 atom stereocenters. The maximum Gasteiger partial charge on any atom is 0.0897 e. The average Bonchev–Trinajstić information content (AvgIpc) is 3.07. The minimum absolute atomic E-state index is 0.0532. The number of aliphatic hydroxyl groups is 2. The molecule has 0 bridgehead atoms. The molecule has 3 N–H and O–H groups in total. The van der Waals surface area contributed by atoms with E-state index in [0.29, 0.717) is 32.9 Å². The van der Waals surface area contributed by atoms with Crippen molar-refractivity contribution in [1.82, 2.24) is 5.32 Å². The van der Waals surface area contributed by atoms with E-state index in [1.54, 1.807) is 0 Å². The molecule has 0 radical (unpaired) electrons. The van der Waals surface area contributed by atoms with Crippen LogP contribution in [0.25, 0.3) is 0 Å². The smallest absolute Gasteiger partial charge is 0.0897 e. The highest BCUT2D eigenvalue weighted by atomic mass is 16.5. The number of rotatable bonds is 11. The van der Waals surface area contributed by atoms with Crippen molar-refractivity contribution in [3.8, 4) is 0 Å². The molecule has 0 heterocycles. The summed E-state index contributed by atoms with van der Waals surface area (Å²) in [5, 5.41) is 21.0. The summed E-state index contributed by atoms with van der Waals surface area (Å²) in [5.74, 6) is 0.743. The molecule has 0 aliphatic heterocycles. The summed E-state index contributed by atoms with van der Waals surface area (Å²) in [7, 11) is 0. The Hall–Kier alpha value is -0.200. The lowest BCUT2D eigenvalue weighted by Crippen LogP contribution is -2.32. The van der Waals surface area contributed by atoms with Crippen molar-refractivity contribution in [2.24, 2.45) is 5.92 Å². The maximum atomic E-state index is 9.52. The van der Waals surface area contributed by atoms with Crippen molar-refractivity contribution in [2.45, 2.75) is 18.9 Å². The summed E-state index contributed by atoms with van der Waals surface area (Å²) in [6.45, 7) is 3.37. The van der Waals surface area contributed by atoms with Crippen molar-refractivity contribution in [1.29, 1.82) is 0 Å². The highest BCUT2D eigenvalue weighted by molar-refractivity contribution is 4.72. The summed E-state index contributed by atoms with van der Waals surface area (Å²) in [4.78, 5) is 0. The third kappa shape index (κ3) is 8.01.